The van der Waals surface area contributed by atoms with E-state index in [-0.39, 0.29) is 11.9 Å². The zero-order valence-electron chi connectivity index (χ0n) is 12.0. The van der Waals surface area contributed by atoms with Crippen molar-refractivity contribution in [1.82, 2.24) is 9.96 Å². The van der Waals surface area contributed by atoms with E-state index in [0.29, 0.717) is 25.2 Å². The maximum Gasteiger partial charge on any atom is 0.322 e. The van der Waals surface area contributed by atoms with Gasteiger partial charge in [0.05, 0.1) is 26.6 Å². The first-order chi connectivity index (χ1) is 10.0. The molecule has 1 spiro atoms. The molecule has 0 atom stereocenters. The molecule has 0 saturated carbocycles. The van der Waals surface area contributed by atoms with Crippen molar-refractivity contribution < 1.29 is 19.2 Å². The zero-order chi connectivity index (χ0) is 15.0. The second-order valence-corrected chi connectivity index (χ2v) is 5.36. The number of urea groups is 1. The third kappa shape index (κ3) is 2.52. The standard InChI is InChI=1S/C14H17N3O4/c1-16-12(18)7-14(21-16)8-17(9-14)13(19)15-10-3-5-11(20-2)6-4-10/h3-6H,7-9H2,1-2H3,(H,15,19). The molecular weight excluding hydrogens is 274 g/mol. The van der Waals surface area contributed by atoms with Gasteiger partial charge in [-0.2, -0.15) is 0 Å². The molecule has 7 nitrogen and oxygen atoms in total. The number of anilines is 1. The van der Waals surface area contributed by atoms with Crippen LogP contribution < -0.4 is 10.1 Å². The van der Waals surface area contributed by atoms with Crippen LogP contribution in [0.3, 0.4) is 0 Å². The molecule has 1 N–H and O–H groups in total. The Hall–Kier alpha value is -2.28. The van der Waals surface area contributed by atoms with Crippen molar-refractivity contribution in [3.05, 3.63) is 24.3 Å². The number of rotatable bonds is 2. The highest BCUT2D eigenvalue weighted by atomic mass is 16.7. The average Bonchev–Trinajstić information content (AvgIpc) is 2.74. The van der Waals surface area contributed by atoms with Crippen LogP contribution in [0.1, 0.15) is 6.42 Å². The van der Waals surface area contributed by atoms with Crippen molar-refractivity contribution in [2.45, 2.75) is 12.0 Å². The van der Waals surface area contributed by atoms with Gasteiger partial charge in [0.2, 0.25) is 5.91 Å². The fraction of sp³-hybridized carbons (Fsp3) is 0.429. The van der Waals surface area contributed by atoms with Crippen molar-refractivity contribution >= 4 is 17.6 Å². The number of nitrogens with one attached hydrogen (secondary N) is 1. The number of hydroxylamine groups is 2. The molecule has 7 heteroatoms. The van der Waals surface area contributed by atoms with Gasteiger partial charge >= 0.3 is 6.03 Å². The van der Waals surface area contributed by atoms with Gasteiger partial charge < -0.3 is 15.0 Å². The molecule has 112 valence electrons. The Morgan fingerprint density at radius 1 is 1.33 bits per heavy atom. The first kappa shape index (κ1) is 13.7. The van der Waals surface area contributed by atoms with E-state index in [1.54, 1.807) is 43.3 Å². The molecule has 2 fully saturated rings. The summed E-state index contributed by atoms with van der Waals surface area (Å²) in [6.07, 6.45) is 0.329. The third-order valence-electron chi connectivity index (χ3n) is 3.74. The molecule has 3 rings (SSSR count). The Balaban J connectivity index is 1.55. The minimum absolute atomic E-state index is 0.0507. The van der Waals surface area contributed by atoms with Crippen molar-refractivity contribution in [3.63, 3.8) is 0 Å². The summed E-state index contributed by atoms with van der Waals surface area (Å²) in [5, 5.41) is 4.05. The van der Waals surface area contributed by atoms with Gasteiger partial charge in [0.25, 0.3) is 0 Å². The van der Waals surface area contributed by atoms with Crippen molar-refractivity contribution in [2.75, 3.05) is 32.6 Å². The van der Waals surface area contributed by atoms with E-state index in [1.807, 2.05) is 0 Å². The lowest BCUT2D eigenvalue weighted by atomic mass is 9.91. The van der Waals surface area contributed by atoms with Crippen LogP contribution in [-0.4, -0.2) is 54.7 Å². The van der Waals surface area contributed by atoms with Gasteiger partial charge in [-0.25, -0.2) is 9.86 Å². The highest BCUT2D eigenvalue weighted by molar-refractivity contribution is 5.90. The summed E-state index contributed by atoms with van der Waals surface area (Å²) < 4.78 is 5.06. The normalized spacial score (nSPS) is 19.6. The summed E-state index contributed by atoms with van der Waals surface area (Å²) in [5.74, 6) is 0.682. The van der Waals surface area contributed by atoms with Gasteiger partial charge in [-0.3, -0.25) is 9.63 Å². The number of amides is 3. The number of hydrogen-bond donors (Lipinski definition) is 1. The Labute approximate surface area is 122 Å². The second-order valence-electron chi connectivity index (χ2n) is 5.36. The van der Waals surface area contributed by atoms with E-state index in [9.17, 15) is 9.59 Å². The number of ether oxygens (including phenoxy) is 1. The van der Waals surface area contributed by atoms with Gasteiger partial charge in [0.15, 0.2) is 0 Å². The maximum atomic E-state index is 12.1. The molecule has 2 saturated heterocycles. The second kappa shape index (κ2) is 4.92. The van der Waals surface area contributed by atoms with E-state index >= 15 is 0 Å². The third-order valence-corrected chi connectivity index (χ3v) is 3.74. The molecule has 21 heavy (non-hydrogen) atoms. The van der Waals surface area contributed by atoms with Gasteiger partial charge in [-0.05, 0) is 24.3 Å². The fourth-order valence-electron chi connectivity index (χ4n) is 2.60. The number of carbonyl (C=O) groups excluding carboxylic acids is 2. The number of carbonyl (C=O) groups is 2. The largest absolute Gasteiger partial charge is 0.497 e. The first-order valence-electron chi connectivity index (χ1n) is 6.67. The quantitative estimate of drug-likeness (QED) is 0.885. The summed E-state index contributed by atoms with van der Waals surface area (Å²) in [6.45, 7) is 0.843. The van der Waals surface area contributed by atoms with E-state index in [0.717, 1.165) is 5.75 Å². The molecular formula is C14H17N3O4. The van der Waals surface area contributed by atoms with Crippen LogP contribution in [0.25, 0.3) is 0 Å². The number of methoxy groups -OCH3 is 1. The predicted octanol–water partition coefficient (Wildman–Crippen LogP) is 1.08. The molecule has 0 radical (unpaired) electrons. The molecule has 2 aliphatic rings. The molecule has 1 aromatic carbocycles. The number of likely N-dealkylation sites (tertiary alicyclic amines) is 1. The van der Waals surface area contributed by atoms with Crippen LogP contribution in [-0.2, 0) is 9.63 Å². The van der Waals surface area contributed by atoms with E-state index in [1.165, 1.54) is 5.06 Å². The lowest BCUT2D eigenvalue weighted by Gasteiger charge is -2.45. The molecule has 3 amide bonds. The molecule has 0 aliphatic carbocycles. The average molecular weight is 291 g/mol. The van der Waals surface area contributed by atoms with Crippen LogP contribution in [0.5, 0.6) is 5.75 Å². The SMILES string of the molecule is COc1ccc(NC(=O)N2CC3(CC(=O)N(C)O3)C2)cc1. The van der Waals surface area contributed by atoms with Crippen LogP contribution in [0.2, 0.25) is 0 Å². The summed E-state index contributed by atoms with van der Waals surface area (Å²) >= 11 is 0. The van der Waals surface area contributed by atoms with Gasteiger partial charge in [0.1, 0.15) is 11.4 Å². The van der Waals surface area contributed by atoms with Crippen LogP contribution in [0.4, 0.5) is 10.5 Å². The molecule has 2 heterocycles. The lowest BCUT2D eigenvalue weighted by molar-refractivity contribution is -0.217. The molecule has 0 bridgehead atoms. The lowest BCUT2D eigenvalue weighted by Crippen LogP contribution is -2.64. The molecule has 0 unspecified atom stereocenters. The number of benzene rings is 1. The molecule has 2 aliphatic heterocycles. The van der Waals surface area contributed by atoms with Gasteiger partial charge in [-0.15, -0.1) is 0 Å². The highest BCUT2D eigenvalue weighted by Gasteiger charge is 2.54. The van der Waals surface area contributed by atoms with Crippen LogP contribution in [0.15, 0.2) is 24.3 Å². The smallest absolute Gasteiger partial charge is 0.322 e. The van der Waals surface area contributed by atoms with Crippen LogP contribution in [0, 0.1) is 0 Å². The summed E-state index contributed by atoms with van der Waals surface area (Å²) in [6, 6.07) is 6.91. The Morgan fingerprint density at radius 2 is 2.00 bits per heavy atom. The Kier molecular flexibility index (Phi) is 3.21. The Morgan fingerprint density at radius 3 is 2.52 bits per heavy atom. The number of hydrogen-bond acceptors (Lipinski definition) is 4. The minimum Gasteiger partial charge on any atom is -0.497 e. The summed E-state index contributed by atoms with van der Waals surface area (Å²) in [5.41, 5.74) is 0.172. The van der Waals surface area contributed by atoms with E-state index in [4.69, 9.17) is 9.57 Å². The fourth-order valence-corrected chi connectivity index (χ4v) is 2.60. The van der Waals surface area contributed by atoms with Crippen molar-refractivity contribution in [1.29, 1.82) is 0 Å². The summed E-state index contributed by atoms with van der Waals surface area (Å²) in [7, 11) is 3.18. The van der Waals surface area contributed by atoms with Gasteiger partial charge in [0, 0.05) is 12.7 Å². The van der Waals surface area contributed by atoms with E-state index < -0.39 is 5.60 Å². The number of nitrogens with zero attached hydrogens (tertiary/aromatic N) is 2. The molecule has 1 aromatic rings. The monoisotopic (exact) mass is 291 g/mol. The minimum atomic E-state index is -0.525. The first-order valence-corrected chi connectivity index (χ1v) is 6.67. The van der Waals surface area contributed by atoms with Crippen molar-refractivity contribution in [3.8, 4) is 5.75 Å². The Bertz CT molecular complexity index is 566. The van der Waals surface area contributed by atoms with Crippen molar-refractivity contribution in [2.24, 2.45) is 0 Å². The maximum absolute atomic E-state index is 12.1. The summed E-state index contributed by atoms with van der Waals surface area (Å²) in [4.78, 5) is 30.7. The zero-order valence-corrected chi connectivity index (χ0v) is 12.0. The van der Waals surface area contributed by atoms with Crippen LogP contribution >= 0.6 is 0 Å². The van der Waals surface area contributed by atoms with E-state index in [2.05, 4.69) is 5.32 Å². The highest BCUT2D eigenvalue weighted by Crippen LogP contribution is 2.35. The predicted molar refractivity (Wildman–Crippen MR) is 74.8 cm³/mol. The topological polar surface area (TPSA) is 71.1 Å². The molecule has 0 aromatic heterocycles. The van der Waals surface area contributed by atoms with Gasteiger partial charge in [-0.1, -0.05) is 0 Å².